The maximum Gasteiger partial charge on any atom is 0.243 e. The standard InChI is InChI=1S/C19H29ClN2O2S/c1-14-11-15(2)19(16(3)12-14)25(23,24)22-9-7-21(8-10-22)18-6-4-5-17(20)13-18/h11-12,17-18H,4-10,13H2,1-3H3/t17-,18+/m1/s1. The smallest absolute Gasteiger partial charge is 0.243 e. The highest BCUT2D eigenvalue weighted by Gasteiger charge is 2.34. The van der Waals surface area contributed by atoms with Gasteiger partial charge >= 0.3 is 0 Å². The number of hydrogen-bond donors (Lipinski definition) is 0. The Bertz CT molecular complexity index is 704. The Kier molecular flexibility index (Phi) is 5.78. The summed E-state index contributed by atoms with van der Waals surface area (Å²) in [6.45, 7) is 8.53. The molecule has 3 rings (SSSR count). The van der Waals surface area contributed by atoms with Crippen molar-refractivity contribution in [3.05, 3.63) is 28.8 Å². The van der Waals surface area contributed by atoms with Gasteiger partial charge in [0.1, 0.15) is 0 Å². The second-order valence-corrected chi connectivity index (χ2v) is 10.1. The fraction of sp³-hybridized carbons (Fsp3) is 0.684. The first-order valence-electron chi connectivity index (χ1n) is 9.25. The van der Waals surface area contributed by atoms with Gasteiger partial charge in [0.15, 0.2) is 0 Å². The fourth-order valence-electron chi connectivity index (χ4n) is 4.45. The Morgan fingerprint density at radius 1 is 1.00 bits per heavy atom. The van der Waals surface area contributed by atoms with Gasteiger partial charge in [0.2, 0.25) is 10.0 Å². The summed E-state index contributed by atoms with van der Waals surface area (Å²) in [6.07, 6.45) is 4.51. The van der Waals surface area contributed by atoms with Crippen LogP contribution in [0.15, 0.2) is 17.0 Å². The van der Waals surface area contributed by atoms with Crippen molar-refractivity contribution in [2.75, 3.05) is 26.2 Å². The summed E-state index contributed by atoms with van der Waals surface area (Å²) in [5.41, 5.74) is 2.79. The number of aryl methyl sites for hydroxylation is 3. The molecular formula is C19H29ClN2O2S. The molecule has 0 bridgehead atoms. The predicted molar refractivity (Wildman–Crippen MR) is 103 cm³/mol. The number of nitrogens with zero attached hydrogens (tertiary/aromatic N) is 2. The van der Waals surface area contributed by atoms with Crippen molar-refractivity contribution in [1.29, 1.82) is 0 Å². The first kappa shape index (κ1) is 19.2. The molecule has 0 spiro atoms. The largest absolute Gasteiger partial charge is 0.298 e. The zero-order chi connectivity index (χ0) is 18.2. The summed E-state index contributed by atoms with van der Waals surface area (Å²) in [5.74, 6) is 0. The van der Waals surface area contributed by atoms with Crippen LogP contribution < -0.4 is 0 Å². The Hall–Kier alpha value is -0.620. The summed E-state index contributed by atoms with van der Waals surface area (Å²) < 4.78 is 28.0. The zero-order valence-corrected chi connectivity index (χ0v) is 17.0. The maximum absolute atomic E-state index is 13.2. The molecule has 1 saturated heterocycles. The molecule has 4 nitrogen and oxygen atoms in total. The first-order valence-corrected chi connectivity index (χ1v) is 11.1. The molecule has 1 aromatic carbocycles. The molecule has 0 N–H and O–H groups in total. The van der Waals surface area contributed by atoms with Crippen LogP contribution in [0.1, 0.15) is 42.4 Å². The molecular weight excluding hydrogens is 356 g/mol. The van der Waals surface area contributed by atoms with Crippen LogP contribution in [0.3, 0.4) is 0 Å². The molecule has 2 fully saturated rings. The molecule has 0 unspecified atom stereocenters. The number of sulfonamides is 1. The second-order valence-electron chi connectivity index (χ2n) is 7.59. The molecule has 0 radical (unpaired) electrons. The van der Waals surface area contributed by atoms with Crippen molar-refractivity contribution in [2.45, 2.75) is 62.8 Å². The van der Waals surface area contributed by atoms with Crippen molar-refractivity contribution >= 4 is 21.6 Å². The normalized spacial score (nSPS) is 26.7. The van der Waals surface area contributed by atoms with Gasteiger partial charge in [0.25, 0.3) is 0 Å². The van der Waals surface area contributed by atoms with E-state index < -0.39 is 10.0 Å². The van der Waals surface area contributed by atoms with Crippen molar-refractivity contribution in [3.63, 3.8) is 0 Å². The van der Waals surface area contributed by atoms with Gasteiger partial charge in [-0.1, -0.05) is 24.1 Å². The van der Waals surface area contributed by atoms with E-state index in [4.69, 9.17) is 11.6 Å². The van der Waals surface area contributed by atoms with E-state index in [1.54, 1.807) is 4.31 Å². The van der Waals surface area contributed by atoms with Crippen LogP contribution in [-0.4, -0.2) is 55.2 Å². The van der Waals surface area contributed by atoms with Crippen molar-refractivity contribution in [3.8, 4) is 0 Å². The molecule has 1 saturated carbocycles. The van der Waals surface area contributed by atoms with Gasteiger partial charge in [-0.15, -0.1) is 11.6 Å². The van der Waals surface area contributed by atoms with Crippen LogP contribution >= 0.6 is 11.6 Å². The van der Waals surface area contributed by atoms with E-state index >= 15 is 0 Å². The molecule has 2 atom stereocenters. The van der Waals surface area contributed by atoms with Crippen LogP contribution in [0.2, 0.25) is 0 Å². The summed E-state index contributed by atoms with van der Waals surface area (Å²) in [5, 5.41) is 0.276. The number of alkyl halides is 1. The molecule has 2 aliphatic rings. The van der Waals surface area contributed by atoms with Crippen LogP contribution in [0.25, 0.3) is 0 Å². The Labute approximate surface area is 157 Å². The summed E-state index contributed by atoms with van der Waals surface area (Å²) in [7, 11) is -3.42. The minimum atomic E-state index is -3.42. The summed E-state index contributed by atoms with van der Waals surface area (Å²) in [4.78, 5) is 2.93. The molecule has 140 valence electrons. The molecule has 1 aliphatic heterocycles. The summed E-state index contributed by atoms with van der Waals surface area (Å²) >= 11 is 6.33. The van der Waals surface area contributed by atoms with Crippen molar-refractivity contribution < 1.29 is 8.42 Å². The van der Waals surface area contributed by atoms with E-state index in [2.05, 4.69) is 4.90 Å². The molecule has 25 heavy (non-hydrogen) atoms. The van der Waals surface area contributed by atoms with E-state index in [-0.39, 0.29) is 5.38 Å². The molecule has 0 aromatic heterocycles. The highest BCUT2D eigenvalue weighted by atomic mass is 35.5. The number of hydrogen-bond acceptors (Lipinski definition) is 3. The lowest BCUT2D eigenvalue weighted by Crippen LogP contribution is -2.53. The monoisotopic (exact) mass is 384 g/mol. The van der Waals surface area contributed by atoms with Gasteiger partial charge in [-0.3, -0.25) is 4.90 Å². The number of halogens is 1. The van der Waals surface area contributed by atoms with Gasteiger partial charge in [0, 0.05) is 37.6 Å². The Balaban J connectivity index is 1.72. The van der Waals surface area contributed by atoms with Crippen LogP contribution in [-0.2, 0) is 10.0 Å². The number of rotatable bonds is 3. The first-order chi connectivity index (χ1) is 11.8. The van der Waals surface area contributed by atoms with E-state index in [1.807, 2.05) is 32.9 Å². The average Bonchev–Trinajstić information content (AvgIpc) is 2.53. The SMILES string of the molecule is Cc1cc(C)c(S(=O)(=O)N2CCN([C@H]3CCC[C@@H](Cl)C3)CC2)c(C)c1. The molecule has 0 amide bonds. The molecule has 1 aromatic rings. The van der Waals surface area contributed by atoms with Gasteiger partial charge in [-0.2, -0.15) is 4.31 Å². The Morgan fingerprint density at radius 3 is 2.16 bits per heavy atom. The third kappa shape index (κ3) is 4.05. The lowest BCUT2D eigenvalue weighted by molar-refractivity contribution is 0.112. The van der Waals surface area contributed by atoms with Gasteiger partial charge < -0.3 is 0 Å². The van der Waals surface area contributed by atoms with Crippen LogP contribution in [0.4, 0.5) is 0 Å². The minimum Gasteiger partial charge on any atom is -0.298 e. The fourth-order valence-corrected chi connectivity index (χ4v) is 6.64. The predicted octanol–water partition coefficient (Wildman–Crippen LogP) is 3.47. The van der Waals surface area contributed by atoms with E-state index in [0.29, 0.717) is 24.0 Å². The average molecular weight is 385 g/mol. The maximum atomic E-state index is 13.2. The molecule has 6 heteroatoms. The van der Waals surface area contributed by atoms with Crippen LogP contribution in [0.5, 0.6) is 0 Å². The highest BCUT2D eigenvalue weighted by molar-refractivity contribution is 7.89. The second kappa shape index (κ2) is 7.55. The quantitative estimate of drug-likeness (QED) is 0.749. The third-order valence-corrected chi connectivity index (χ3v) is 8.18. The minimum absolute atomic E-state index is 0.276. The number of piperazine rings is 1. The molecule has 1 aliphatic carbocycles. The van der Waals surface area contributed by atoms with Crippen molar-refractivity contribution in [1.82, 2.24) is 9.21 Å². The zero-order valence-electron chi connectivity index (χ0n) is 15.5. The number of benzene rings is 1. The lowest BCUT2D eigenvalue weighted by Gasteiger charge is -2.41. The third-order valence-electron chi connectivity index (χ3n) is 5.57. The summed E-state index contributed by atoms with van der Waals surface area (Å²) in [6, 6.07) is 4.43. The molecule has 1 heterocycles. The van der Waals surface area contributed by atoms with Gasteiger partial charge in [-0.05, 0) is 51.2 Å². The topological polar surface area (TPSA) is 40.6 Å². The van der Waals surface area contributed by atoms with Crippen molar-refractivity contribution in [2.24, 2.45) is 0 Å². The lowest BCUT2D eigenvalue weighted by atomic mass is 9.93. The van der Waals surface area contributed by atoms with E-state index in [0.717, 1.165) is 42.6 Å². The van der Waals surface area contributed by atoms with E-state index in [1.165, 1.54) is 12.8 Å². The highest BCUT2D eigenvalue weighted by Crippen LogP contribution is 2.29. The van der Waals surface area contributed by atoms with Gasteiger partial charge in [-0.25, -0.2) is 8.42 Å². The van der Waals surface area contributed by atoms with Gasteiger partial charge in [0.05, 0.1) is 4.90 Å². The Morgan fingerprint density at radius 2 is 1.60 bits per heavy atom. The van der Waals surface area contributed by atoms with Crippen LogP contribution in [0, 0.1) is 20.8 Å². The van der Waals surface area contributed by atoms with E-state index in [9.17, 15) is 8.42 Å².